The minimum absolute atomic E-state index is 0.146. The Labute approximate surface area is 192 Å². The molecule has 1 aliphatic rings. The summed E-state index contributed by atoms with van der Waals surface area (Å²) < 4.78 is 2.04. The van der Waals surface area contributed by atoms with E-state index in [-0.39, 0.29) is 5.91 Å². The number of carbonyl (C=O) groups excluding carboxylic acids is 1. The van der Waals surface area contributed by atoms with Crippen molar-refractivity contribution in [1.82, 2.24) is 19.7 Å². The number of anilines is 1. The van der Waals surface area contributed by atoms with E-state index in [0.717, 1.165) is 49.3 Å². The second-order valence-electron chi connectivity index (χ2n) is 7.55. The molecule has 0 radical (unpaired) electrons. The number of aromatic nitrogens is 3. The van der Waals surface area contributed by atoms with Crippen LogP contribution in [-0.2, 0) is 11.3 Å². The minimum atomic E-state index is 0.146. The van der Waals surface area contributed by atoms with E-state index >= 15 is 0 Å². The van der Waals surface area contributed by atoms with Gasteiger partial charge < -0.3 is 14.4 Å². The molecule has 1 saturated heterocycles. The summed E-state index contributed by atoms with van der Waals surface area (Å²) in [4.78, 5) is 17.1. The Morgan fingerprint density at radius 1 is 1.06 bits per heavy atom. The summed E-state index contributed by atoms with van der Waals surface area (Å²) in [6.07, 6.45) is 0. The van der Waals surface area contributed by atoms with E-state index in [2.05, 4.69) is 53.2 Å². The predicted octanol–water partition coefficient (Wildman–Crippen LogP) is 4.37. The predicted molar refractivity (Wildman–Crippen MR) is 127 cm³/mol. The van der Waals surface area contributed by atoms with Crippen LogP contribution < -0.4 is 4.90 Å². The molecule has 0 saturated carbocycles. The average Bonchev–Trinajstić information content (AvgIpc) is 3.21. The van der Waals surface area contributed by atoms with Crippen LogP contribution in [0.1, 0.15) is 12.5 Å². The van der Waals surface area contributed by atoms with E-state index in [1.807, 2.05) is 33.7 Å². The van der Waals surface area contributed by atoms with Gasteiger partial charge in [0.05, 0.1) is 5.75 Å². The molecular formula is C23H26ClN5OS. The van der Waals surface area contributed by atoms with Gasteiger partial charge in [-0.3, -0.25) is 4.79 Å². The standard InChI is InChI=1S/C23H26ClN5OS/c1-3-29-22(18-7-9-19(24)10-8-18)25-26-23(29)31-16-21(30)28-13-11-27(12-14-28)20-6-4-5-17(2)15-20/h4-10,15H,3,11-14,16H2,1-2H3. The Bertz CT molecular complexity index is 1040. The van der Waals surface area contributed by atoms with Crippen LogP contribution in [0.15, 0.2) is 53.7 Å². The molecular weight excluding hydrogens is 430 g/mol. The van der Waals surface area contributed by atoms with Gasteiger partial charge in [0.2, 0.25) is 5.91 Å². The molecule has 1 aliphatic heterocycles. The molecule has 3 aromatic rings. The highest BCUT2D eigenvalue weighted by Gasteiger charge is 2.22. The second-order valence-corrected chi connectivity index (χ2v) is 8.93. The number of halogens is 1. The average molecular weight is 456 g/mol. The van der Waals surface area contributed by atoms with E-state index in [1.165, 1.54) is 23.0 Å². The van der Waals surface area contributed by atoms with Crippen molar-refractivity contribution >= 4 is 35.0 Å². The summed E-state index contributed by atoms with van der Waals surface area (Å²) in [7, 11) is 0. The minimum Gasteiger partial charge on any atom is -0.368 e. The van der Waals surface area contributed by atoms with Gasteiger partial charge in [0, 0.05) is 49.0 Å². The fraction of sp³-hybridized carbons (Fsp3) is 0.348. The van der Waals surface area contributed by atoms with Crippen LogP contribution in [0.25, 0.3) is 11.4 Å². The number of hydrogen-bond donors (Lipinski definition) is 0. The maximum atomic E-state index is 12.8. The number of benzene rings is 2. The first-order valence-corrected chi connectivity index (χ1v) is 11.8. The van der Waals surface area contributed by atoms with E-state index in [9.17, 15) is 4.79 Å². The molecule has 0 N–H and O–H groups in total. The van der Waals surface area contributed by atoms with Gasteiger partial charge in [0.15, 0.2) is 11.0 Å². The smallest absolute Gasteiger partial charge is 0.233 e. The lowest BCUT2D eigenvalue weighted by Crippen LogP contribution is -2.49. The SMILES string of the molecule is CCn1c(SCC(=O)N2CCN(c3cccc(C)c3)CC2)nnc1-c1ccc(Cl)cc1. The third-order valence-corrected chi connectivity index (χ3v) is 6.66. The fourth-order valence-corrected chi connectivity index (χ4v) is 4.78. The van der Waals surface area contributed by atoms with Crippen molar-refractivity contribution in [3.63, 3.8) is 0 Å². The van der Waals surface area contributed by atoms with Gasteiger partial charge in [-0.1, -0.05) is 35.5 Å². The number of amides is 1. The third-order valence-electron chi connectivity index (χ3n) is 5.46. The monoisotopic (exact) mass is 455 g/mol. The maximum absolute atomic E-state index is 12.8. The number of piperazine rings is 1. The van der Waals surface area contributed by atoms with Crippen LogP contribution in [0.2, 0.25) is 5.02 Å². The molecule has 6 nitrogen and oxygen atoms in total. The molecule has 4 rings (SSSR count). The number of nitrogens with zero attached hydrogens (tertiary/aromatic N) is 5. The summed E-state index contributed by atoms with van der Waals surface area (Å²) in [5.74, 6) is 1.30. The van der Waals surface area contributed by atoms with Crippen molar-refractivity contribution in [3.8, 4) is 11.4 Å². The Balaban J connectivity index is 1.34. The Morgan fingerprint density at radius 2 is 1.81 bits per heavy atom. The van der Waals surface area contributed by atoms with Crippen LogP contribution in [-0.4, -0.2) is 57.5 Å². The highest BCUT2D eigenvalue weighted by Crippen LogP contribution is 2.25. The fourth-order valence-electron chi connectivity index (χ4n) is 3.75. The van der Waals surface area contributed by atoms with Crippen molar-refractivity contribution in [2.45, 2.75) is 25.5 Å². The largest absolute Gasteiger partial charge is 0.368 e. The summed E-state index contributed by atoms with van der Waals surface area (Å²) in [6.45, 7) is 8.08. The number of carbonyl (C=O) groups is 1. The molecule has 1 amide bonds. The molecule has 2 aromatic carbocycles. The van der Waals surface area contributed by atoms with Crippen LogP contribution in [0, 0.1) is 6.92 Å². The van der Waals surface area contributed by atoms with Gasteiger partial charge >= 0.3 is 0 Å². The molecule has 0 bridgehead atoms. The molecule has 31 heavy (non-hydrogen) atoms. The zero-order valence-electron chi connectivity index (χ0n) is 17.8. The van der Waals surface area contributed by atoms with Crippen molar-refractivity contribution in [1.29, 1.82) is 0 Å². The van der Waals surface area contributed by atoms with E-state index in [0.29, 0.717) is 10.8 Å². The lowest BCUT2D eigenvalue weighted by atomic mass is 10.2. The Hall–Kier alpha value is -2.51. The van der Waals surface area contributed by atoms with Crippen molar-refractivity contribution < 1.29 is 4.79 Å². The first kappa shape index (κ1) is 21.7. The first-order chi connectivity index (χ1) is 15.0. The Kier molecular flexibility index (Phi) is 6.83. The topological polar surface area (TPSA) is 54.3 Å². The number of hydrogen-bond acceptors (Lipinski definition) is 5. The first-order valence-electron chi connectivity index (χ1n) is 10.5. The molecule has 0 spiro atoms. The van der Waals surface area contributed by atoms with E-state index in [4.69, 9.17) is 11.6 Å². The summed E-state index contributed by atoms with van der Waals surface area (Å²) in [6, 6.07) is 16.1. The van der Waals surface area contributed by atoms with Gasteiger partial charge in [-0.15, -0.1) is 10.2 Å². The van der Waals surface area contributed by atoms with Crippen LogP contribution in [0.4, 0.5) is 5.69 Å². The van der Waals surface area contributed by atoms with Crippen molar-refractivity contribution in [3.05, 3.63) is 59.1 Å². The summed E-state index contributed by atoms with van der Waals surface area (Å²) in [5, 5.41) is 10.1. The zero-order valence-corrected chi connectivity index (χ0v) is 19.4. The molecule has 8 heteroatoms. The molecule has 162 valence electrons. The maximum Gasteiger partial charge on any atom is 0.233 e. The van der Waals surface area contributed by atoms with Crippen molar-refractivity contribution in [2.75, 3.05) is 36.8 Å². The van der Waals surface area contributed by atoms with Gasteiger partial charge in [-0.2, -0.15) is 0 Å². The van der Waals surface area contributed by atoms with E-state index in [1.54, 1.807) is 0 Å². The highest BCUT2D eigenvalue weighted by atomic mass is 35.5. The number of aryl methyl sites for hydroxylation is 1. The zero-order chi connectivity index (χ0) is 21.8. The normalized spacial score (nSPS) is 14.2. The number of thioether (sulfide) groups is 1. The van der Waals surface area contributed by atoms with Crippen LogP contribution >= 0.6 is 23.4 Å². The van der Waals surface area contributed by atoms with E-state index < -0.39 is 0 Å². The molecule has 0 atom stereocenters. The van der Waals surface area contributed by atoms with Crippen LogP contribution in [0.3, 0.4) is 0 Å². The lowest BCUT2D eigenvalue weighted by molar-refractivity contribution is -0.128. The van der Waals surface area contributed by atoms with Crippen molar-refractivity contribution in [2.24, 2.45) is 0 Å². The van der Waals surface area contributed by atoms with Gasteiger partial charge in [0.25, 0.3) is 0 Å². The molecule has 0 unspecified atom stereocenters. The molecule has 2 heterocycles. The quantitative estimate of drug-likeness (QED) is 0.516. The Morgan fingerprint density at radius 3 is 2.48 bits per heavy atom. The highest BCUT2D eigenvalue weighted by molar-refractivity contribution is 7.99. The molecule has 1 fully saturated rings. The second kappa shape index (κ2) is 9.75. The molecule has 1 aromatic heterocycles. The number of rotatable bonds is 6. The summed E-state index contributed by atoms with van der Waals surface area (Å²) in [5.41, 5.74) is 3.45. The van der Waals surface area contributed by atoms with Gasteiger partial charge in [-0.05, 0) is 55.8 Å². The van der Waals surface area contributed by atoms with Crippen LogP contribution in [0.5, 0.6) is 0 Å². The summed E-state index contributed by atoms with van der Waals surface area (Å²) >= 11 is 7.44. The van der Waals surface area contributed by atoms with Gasteiger partial charge in [0.1, 0.15) is 0 Å². The van der Waals surface area contributed by atoms with Gasteiger partial charge in [-0.25, -0.2) is 0 Å². The molecule has 0 aliphatic carbocycles. The lowest BCUT2D eigenvalue weighted by Gasteiger charge is -2.36. The third kappa shape index (κ3) is 5.05.